The lowest BCUT2D eigenvalue weighted by Gasteiger charge is -2.29. The van der Waals surface area contributed by atoms with Crippen molar-refractivity contribution >= 4 is 11.8 Å². The van der Waals surface area contributed by atoms with E-state index >= 15 is 0 Å². The zero-order valence-electron chi connectivity index (χ0n) is 9.07. The first kappa shape index (κ1) is 9.32. The summed E-state index contributed by atoms with van der Waals surface area (Å²) in [5, 5.41) is 0. The predicted molar refractivity (Wildman–Crippen MR) is 62.5 cm³/mol. The van der Waals surface area contributed by atoms with Crippen LogP contribution in [0.5, 0.6) is 0 Å². The number of hydrogen-bond donors (Lipinski definition) is 0. The molecule has 74 valence electrons. The average molecular weight is 187 g/mol. The summed E-state index contributed by atoms with van der Waals surface area (Å²) >= 11 is 0. The lowest BCUT2D eigenvalue weighted by Crippen LogP contribution is -2.32. The van der Waals surface area contributed by atoms with Crippen LogP contribution < -0.4 is 4.90 Å². The summed E-state index contributed by atoms with van der Waals surface area (Å²) in [6.45, 7) is 4.54. The van der Waals surface area contributed by atoms with Crippen LogP contribution in [-0.4, -0.2) is 13.1 Å². The second-order valence-electron chi connectivity index (χ2n) is 4.13. The third kappa shape index (κ3) is 1.43. The molecule has 0 unspecified atom stereocenters. The lowest BCUT2D eigenvalue weighted by atomic mass is 10.0. The van der Waals surface area contributed by atoms with Gasteiger partial charge in [0.25, 0.3) is 0 Å². The van der Waals surface area contributed by atoms with Gasteiger partial charge in [-0.3, -0.25) is 0 Å². The number of nitrogens with zero attached hydrogens (tertiary/aromatic N) is 1. The Morgan fingerprint density at radius 2 is 1.86 bits per heavy atom. The fourth-order valence-corrected chi connectivity index (χ4v) is 1.94. The fourth-order valence-electron chi connectivity index (χ4n) is 1.94. The minimum atomic E-state index is 0.565. The lowest BCUT2D eigenvalue weighted by molar-refractivity contribution is 0.557. The molecule has 0 radical (unpaired) electrons. The number of hydrogen-bond acceptors (Lipinski definition) is 1. The molecule has 0 bridgehead atoms. The molecule has 0 N–H and O–H groups in total. The van der Waals surface area contributed by atoms with Gasteiger partial charge in [0, 0.05) is 18.8 Å². The maximum absolute atomic E-state index is 2.36. The standard InChI is InChI=1S/C13H17N/c1-10-8-9-12-6-4-5-7-13(12)14(3)11(10)2/h4-11H,1-3H3/t10-,11-/m1/s1. The van der Waals surface area contributed by atoms with Crippen molar-refractivity contribution in [2.75, 3.05) is 11.9 Å². The van der Waals surface area contributed by atoms with Crippen molar-refractivity contribution in [2.24, 2.45) is 5.92 Å². The van der Waals surface area contributed by atoms with Crippen molar-refractivity contribution in [3.63, 3.8) is 0 Å². The van der Waals surface area contributed by atoms with Crippen molar-refractivity contribution in [1.82, 2.24) is 0 Å². The molecule has 1 aliphatic heterocycles. The summed E-state index contributed by atoms with van der Waals surface area (Å²) in [5.41, 5.74) is 2.66. The summed E-state index contributed by atoms with van der Waals surface area (Å²) in [4.78, 5) is 2.36. The molecule has 0 fully saturated rings. The molecule has 2 atom stereocenters. The molecule has 0 aromatic heterocycles. The van der Waals surface area contributed by atoms with Crippen LogP contribution in [0.3, 0.4) is 0 Å². The fraction of sp³-hybridized carbons (Fsp3) is 0.385. The van der Waals surface area contributed by atoms with E-state index in [2.05, 4.69) is 62.2 Å². The maximum atomic E-state index is 2.36. The maximum Gasteiger partial charge on any atom is 0.0439 e. The van der Waals surface area contributed by atoms with Crippen LogP contribution in [0.25, 0.3) is 6.08 Å². The molecule has 0 spiro atoms. The van der Waals surface area contributed by atoms with Crippen LogP contribution in [0, 0.1) is 5.92 Å². The van der Waals surface area contributed by atoms with Gasteiger partial charge in [0.05, 0.1) is 0 Å². The third-order valence-electron chi connectivity index (χ3n) is 3.27. The second-order valence-corrected chi connectivity index (χ2v) is 4.13. The largest absolute Gasteiger partial charge is 0.371 e. The topological polar surface area (TPSA) is 3.24 Å². The summed E-state index contributed by atoms with van der Waals surface area (Å²) in [6, 6.07) is 9.13. The van der Waals surface area contributed by atoms with E-state index < -0.39 is 0 Å². The van der Waals surface area contributed by atoms with Gasteiger partial charge < -0.3 is 4.90 Å². The monoisotopic (exact) mass is 187 g/mol. The Kier molecular flexibility index (Phi) is 2.32. The first-order valence-electron chi connectivity index (χ1n) is 5.20. The smallest absolute Gasteiger partial charge is 0.0439 e. The highest BCUT2D eigenvalue weighted by Gasteiger charge is 2.19. The van der Waals surface area contributed by atoms with Gasteiger partial charge in [-0.25, -0.2) is 0 Å². The molecule has 1 aliphatic rings. The number of benzene rings is 1. The molecule has 0 saturated carbocycles. The first-order chi connectivity index (χ1) is 6.70. The van der Waals surface area contributed by atoms with Crippen LogP contribution >= 0.6 is 0 Å². The van der Waals surface area contributed by atoms with E-state index in [0.717, 1.165) is 0 Å². The van der Waals surface area contributed by atoms with E-state index in [-0.39, 0.29) is 0 Å². The van der Waals surface area contributed by atoms with Crippen LogP contribution in [0.2, 0.25) is 0 Å². The normalized spacial score (nSPS) is 25.8. The Bertz CT molecular complexity index is 354. The van der Waals surface area contributed by atoms with Crippen molar-refractivity contribution < 1.29 is 0 Å². The van der Waals surface area contributed by atoms with E-state index in [1.165, 1.54) is 11.3 Å². The van der Waals surface area contributed by atoms with Gasteiger partial charge in [0.15, 0.2) is 0 Å². The van der Waals surface area contributed by atoms with E-state index in [9.17, 15) is 0 Å². The van der Waals surface area contributed by atoms with Gasteiger partial charge in [0.1, 0.15) is 0 Å². The molecular weight excluding hydrogens is 170 g/mol. The summed E-state index contributed by atoms with van der Waals surface area (Å²) in [6.07, 6.45) is 4.53. The van der Waals surface area contributed by atoms with Gasteiger partial charge in [0.2, 0.25) is 0 Å². The van der Waals surface area contributed by atoms with Crippen molar-refractivity contribution in [3.05, 3.63) is 35.9 Å². The van der Waals surface area contributed by atoms with Crippen LogP contribution in [0.1, 0.15) is 19.4 Å². The van der Waals surface area contributed by atoms with Gasteiger partial charge >= 0.3 is 0 Å². The number of para-hydroxylation sites is 1. The molecule has 1 aromatic rings. The van der Waals surface area contributed by atoms with E-state index in [4.69, 9.17) is 0 Å². The Hall–Kier alpha value is -1.24. The quantitative estimate of drug-likeness (QED) is 0.603. The van der Waals surface area contributed by atoms with Crippen LogP contribution in [0.4, 0.5) is 5.69 Å². The van der Waals surface area contributed by atoms with Crippen molar-refractivity contribution in [2.45, 2.75) is 19.9 Å². The minimum absolute atomic E-state index is 0.565. The Morgan fingerprint density at radius 3 is 2.64 bits per heavy atom. The van der Waals surface area contributed by atoms with E-state index in [1.807, 2.05) is 0 Å². The molecule has 0 saturated heterocycles. The Labute approximate surface area is 86.1 Å². The summed E-state index contributed by atoms with van der Waals surface area (Å²) in [5.74, 6) is 0.604. The zero-order valence-corrected chi connectivity index (χ0v) is 9.07. The van der Waals surface area contributed by atoms with Gasteiger partial charge in [-0.1, -0.05) is 37.3 Å². The summed E-state index contributed by atoms with van der Waals surface area (Å²) < 4.78 is 0. The number of anilines is 1. The number of fused-ring (bicyclic) bond motifs is 1. The highest BCUT2D eigenvalue weighted by Crippen LogP contribution is 2.28. The molecule has 1 nitrogen and oxygen atoms in total. The molecule has 14 heavy (non-hydrogen) atoms. The highest BCUT2D eigenvalue weighted by atomic mass is 15.1. The SMILES string of the molecule is C[C@@H]1C=Cc2ccccc2N(C)[C@@H]1C. The molecule has 0 amide bonds. The average Bonchev–Trinajstić information content (AvgIpc) is 2.32. The third-order valence-corrected chi connectivity index (χ3v) is 3.27. The highest BCUT2D eigenvalue weighted by molar-refractivity contribution is 5.69. The number of rotatable bonds is 0. The predicted octanol–water partition coefficient (Wildman–Crippen LogP) is 3.17. The Morgan fingerprint density at radius 1 is 1.14 bits per heavy atom. The zero-order chi connectivity index (χ0) is 10.1. The molecule has 2 rings (SSSR count). The molecule has 0 aliphatic carbocycles. The Balaban J connectivity index is 2.49. The van der Waals surface area contributed by atoms with Crippen LogP contribution in [0.15, 0.2) is 30.3 Å². The van der Waals surface area contributed by atoms with Gasteiger partial charge in [-0.05, 0) is 24.5 Å². The van der Waals surface area contributed by atoms with E-state index in [1.54, 1.807) is 0 Å². The second kappa shape index (κ2) is 3.49. The molecule has 1 heterocycles. The summed E-state index contributed by atoms with van der Waals surface area (Å²) in [7, 11) is 2.17. The molecule has 1 heteroatoms. The minimum Gasteiger partial charge on any atom is -0.371 e. The van der Waals surface area contributed by atoms with E-state index in [0.29, 0.717) is 12.0 Å². The van der Waals surface area contributed by atoms with Gasteiger partial charge in [-0.2, -0.15) is 0 Å². The molecule has 1 aromatic carbocycles. The first-order valence-corrected chi connectivity index (χ1v) is 5.20. The molecular formula is C13H17N. The van der Waals surface area contributed by atoms with Crippen molar-refractivity contribution in [1.29, 1.82) is 0 Å². The van der Waals surface area contributed by atoms with Crippen LogP contribution in [-0.2, 0) is 0 Å². The van der Waals surface area contributed by atoms with Crippen molar-refractivity contribution in [3.8, 4) is 0 Å². The van der Waals surface area contributed by atoms with Gasteiger partial charge in [-0.15, -0.1) is 0 Å².